The number of carboxylic acid groups (broad SMARTS) is 1. The summed E-state index contributed by atoms with van der Waals surface area (Å²) in [6, 6.07) is 4.91. The van der Waals surface area contributed by atoms with Gasteiger partial charge < -0.3 is 15.2 Å². The van der Waals surface area contributed by atoms with Crippen LogP contribution < -0.4 is 16.0 Å². The fourth-order valence-electron chi connectivity index (χ4n) is 2.97. The third-order valence-electron chi connectivity index (χ3n) is 4.20. The van der Waals surface area contributed by atoms with Gasteiger partial charge in [-0.1, -0.05) is 39.8 Å². The quantitative estimate of drug-likeness (QED) is 0.791. The molecule has 2 rings (SSSR count). The maximum atomic E-state index is 12.8. The number of benzene rings is 1. The molecule has 0 unspecified atom stereocenters. The molecule has 0 fully saturated rings. The summed E-state index contributed by atoms with van der Waals surface area (Å²) in [6.45, 7) is 7.31. The lowest BCUT2D eigenvalue weighted by molar-refractivity contribution is -0.308. The standard InChI is InChI=1S/C19H25N3O4/c1-11(2)9-15(19(25)26)21-17(23)16(12(3)4)22-10-20-14-8-6-5-7-13(14)18(22)24/h5-8,10-12,15-16H,9H2,1-4H3,(H,21,23)(H,25,26)/p-1/t15-,16-/m0/s1. The molecule has 1 N–H and O–H groups in total. The first kappa shape index (κ1) is 19.6. The SMILES string of the molecule is CC(C)C[C@H](NC(=O)[C@H](C(C)C)n1cnc2ccccc2c1=O)C(=O)[O-]. The van der Waals surface area contributed by atoms with Crippen molar-refractivity contribution in [2.75, 3.05) is 0 Å². The number of rotatable bonds is 7. The average molecular weight is 358 g/mol. The molecule has 0 bridgehead atoms. The van der Waals surface area contributed by atoms with E-state index in [0.29, 0.717) is 10.9 Å². The van der Waals surface area contributed by atoms with Gasteiger partial charge in [0.2, 0.25) is 5.91 Å². The first-order valence-electron chi connectivity index (χ1n) is 8.69. The zero-order valence-electron chi connectivity index (χ0n) is 15.4. The third-order valence-corrected chi connectivity index (χ3v) is 4.20. The lowest BCUT2D eigenvalue weighted by Crippen LogP contribution is -2.51. The van der Waals surface area contributed by atoms with Crippen LogP contribution in [-0.2, 0) is 9.59 Å². The Balaban J connectivity index is 2.40. The molecule has 1 amide bonds. The van der Waals surface area contributed by atoms with Gasteiger partial charge in [-0.05, 0) is 30.4 Å². The summed E-state index contributed by atoms with van der Waals surface area (Å²) in [7, 11) is 0. The summed E-state index contributed by atoms with van der Waals surface area (Å²) in [6.07, 6.45) is 1.59. The van der Waals surface area contributed by atoms with Gasteiger partial charge in [0.25, 0.3) is 5.56 Å². The summed E-state index contributed by atoms with van der Waals surface area (Å²) >= 11 is 0. The van der Waals surface area contributed by atoms with Crippen LogP contribution in [0.4, 0.5) is 0 Å². The molecular formula is C19H24N3O4-. The number of amides is 1. The number of para-hydroxylation sites is 1. The van der Waals surface area contributed by atoms with E-state index >= 15 is 0 Å². The van der Waals surface area contributed by atoms with E-state index in [1.165, 1.54) is 10.9 Å². The van der Waals surface area contributed by atoms with Gasteiger partial charge in [-0.3, -0.25) is 14.2 Å². The fourth-order valence-corrected chi connectivity index (χ4v) is 2.97. The van der Waals surface area contributed by atoms with Gasteiger partial charge in [0.15, 0.2) is 0 Å². The predicted molar refractivity (Wildman–Crippen MR) is 96.3 cm³/mol. The van der Waals surface area contributed by atoms with Crippen LogP contribution in [0.25, 0.3) is 10.9 Å². The largest absolute Gasteiger partial charge is 0.548 e. The van der Waals surface area contributed by atoms with Crippen LogP contribution in [0.3, 0.4) is 0 Å². The molecule has 0 aliphatic carbocycles. The normalized spacial score (nSPS) is 13.8. The van der Waals surface area contributed by atoms with E-state index < -0.39 is 24.0 Å². The molecule has 26 heavy (non-hydrogen) atoms. The second-order valence-corrected chi connectivity index (χ2v) is 7.17. The van der Waals surface area contributed by atoms with Crippen molar-refractivity contribution in [3.05, 3.63) is 40.9 Å². The highest BCUT2D eigenvalue weighted by Crippen LogP contribution is 2.18. The van der Waals surface area contributed by atoms with Gasteiger partial charge in [0.1, 0.15) is 6.04 Å². The number of nitrogens with one attached hydrogen (secondary N) is 1. The van der Waals surface area contributed by atoms with Crippen LogP contribution in [0.5, 0.6) is 0 Å². The number of hydrogen-bond acceptors (Lipinski definition) is 5. The smallest absolute Gasteiger partial charge is 0.261 e. The van der Waals surface area contributed by atoms with E-state index in [9.17, 15) is 19.5 Å². The second-order valence-electron chi connectivity index (χ2n) is 7.17. The molecule has 2 aromatic rings. The molecular weight excluding hydrogens is 334 g/mol. The zero-order valence-corrected chi connectivity index (χ0v) is 15.4. The van der Waals surface area contributed by atoms with Gasteiger partial charge in [-0.15, -0.1) is 0 Å². The maximum Gasteiger partial charge on any atom is 0.261 e. The highest BCUT2D eigenvalue weighted by Gasteiger charge is 2.28. The molecule has 0 spiro atoms. The van der Waals surface area contributed by atoms with Gasteiger partial charge in [0.05, 0.1) is 29.2 Å². The van der Waals surface area contributed by atoms with Gasteiger partial charge in [-0.2, -0.15) is 0 Å². The van der Waals surface area contributed by atoms with Crippen molar-refractivity contribution in [1.82, 2.24) is 14.9 Å². The first-order valence-corrected chi connectivity index (χ1v) is 8.69. The number of fused-ring (bicyclic) bond motifs is 1. The lowest BCUT2D eigenvalue weighted by Gasteiger charge is -2.27. The average Bonchev–Trinajstić information content (AvgIpc) is 2.56. The van der Waals surface area contributed by atoms with E-state index in [4.69, 9.17) is 0 Å². The van der Waals surface area contributed by atoms with Crippen molar-refractivity contribution in [3.8, 4) is 0 Å². The van der Waals surface area contributed by atoms with Crippen LogP contribution in [-0.4, -0.2) is 27.5 Å². The Hall–Kier alpha value is -2.70. The Bertz CT molecular complexity index is 857. The van der Waals surface area contributed by atoms with Crippen molar-refractivity contribution in [3.63, 3.8) is 0 Å². The minimum atomic E-state index is -1.33. The number of nitrogens with zero attached hydrogens (tertiary/aromatic N) is 2. The Morgan fingerprint density at radius 2 is 1.85 bits per heavy atom. The van der Waals surface area contributed by atoms with Crippen LogP contribution in [0.2, 0.25) is 0 Å². The van der Waals surface area contributed by atoms with Crippen LogP contribution in [0.15, 0.2) is 35.4 Å². The fraction of sp³-hybridized carbons (Fsp3) is 0.474. The highest BCUT2D eigenvalue weighted by molar-refractivity contribution is 5.86. The Morgan fingerprint density at radius 3 is 2.42 bits per heavy atom. The van der Waals surface area contributed by atoms with Crippen LogP contribution in [0.1, 0.15) is 40.2 Å². The molecule has 0 saturated carbocycles. The molecule has 0 aliphatic rings. The molecule has 1 aromatic heterocycles. The van der Waals surface area contributed by atoms with Gasteiger partial charge >= 0.3 is 0 Å². The second kappa shape index (κ2) is 8.12. The van der Waals surface area contributed by atoms with Crippen molar-refractivity contribution in [1.29, 1.82) is 0 Å². The molecule has 2 atom stereocenters. The number of carbonyl (C=O) groups is 2. The molecule has 7 heteroatoms. The van der Waals surface area contributed by atoms with Crippen molar-refractivity contribution in [2.24, 2.45) is 11.8 Å². The number of aliphatic carboxylic acids is 1. The molecule has 140 valence electrons. The Morgan fingerprint density at radius 1 is 1.19 bits per heavy atom. The Kier molecular flexibility index (Phi) is 6.13. The zero-order chi connectivity index (χ0) is 19.4. The molecule has 0 radical (unpaired) electrons. The van der Waals surface area contributed by atoms with Crippen molar-refractivity contribution < 1.29 is 14.7 Å². The summed E-state index contributed by atoms with van der Waals surface area (Å²) in [4.78, 5) is 41.1. The van der Waals surface area contributed by atoms with E-state index in [0.717, 1.165) is 0 Å². The molecule has 0 saturated heterocycles. The molecule has 1 heterocycles. The molecule has 0 aliphatic heterocycles. The summed E-state index contributed by atoms with van der Waals surface area (Å²) < 4.78 is 1.27. The van der Waals surface area contributed by atoms with Crippen LogP contribution >= 0.6 is 0 Å². The predicted octanol–water partition coefficient (Wildman–Crippen LogP) is 0.874. The molecule has 7 nitrogen and oxygen atoms in total. The highest BCUT2D eigenvalue weighted by atomic mass is 16.4. The van der Waals surface area contributed by atoms with Gasteiger partial charge in [0, 0.05) is 0 Å². The monoisotopic (exact) mass is 358 g/mol. The summed E-state index contributed by atoms with van der Waals surface area (Å²) in [5.74, 6) is -2.04. The third kappa shape index (κ3) is 4.28. The van der Waals surface area contributed by atoms with E-state index in [-0.39, 0.29) is 23.8 Å². The number of aromatic nitrogens is 2. The lowest BCUT2D eigenvalue weighted by atomic mass is 10.00. The topological polar surface area (TPSA) is 104 Å². The first-order chi connectivity index (χ1) is 12.2. The summed E-state index contributed by atoms with van der Waals surface area (Å²) in [5, 5.41) is 14.3. The number of carboxylic acids is 1. The number of carbonyl (C=O) groups excluding carboxylic acids is 2. The Labute approximate surface area is 152 Å². The van der Waals surface area contributed by atoms with Crippen LogP contribution in [0, 0.1) is 11.8 Å². The van der Waals surface area contributed by atoms with Crippen molar-refractivity contribution >= 4 is 22.8 Å². The maximum absolute atomic E-state index is 12.8. The minimum absolute atomic E-state index is 0.0701. The van der Waals surface area contributed by atoms with Crippen molar-refractivity contribution in [2.45, 2.75) is 46.2 Å². The number of hydrogen-bond donors (Lipinski definition) is 1. The van der Waals surface area contributed by atoms with E-state index in [2.05, 4.69) is 10.3 Å². The molecule has 1 aromatic carbocycles. The van der Waals surface area contributed by atoms with E-state index in [1.807, 2.05) is 13.8 Å². The summed E-state index contributed by atoms with van der Waals surface area (Å²) in [5.41, 5.74) is 0.211. The van der Waals surface area contributed by atoms with Gasteiger partial charge in [-0.25, -0.2) is 4.98 Å². The minimum Gasteiger partial charge on any atom is -0.548 e. The van der Waals surface area contributed by atoms with E-state index in [1.54, 1.807) is 38.1 Å².